The van der Waals surface area contributed by atoms with E-state index in [0.717, 1.165) is 47.3 Å². The van der Waals surface area contributed by atoms with Gasteiger partial charge in [-0.25, -0.2) is 0 Å². The van der Waals surface area contributed by atoms with Crippen LogP contribution in [0.15, 0.2) is 0 Å². The quantitative estimate of drug-likeness (QED) is 0.396. The Balaban J connectivity index is 1.33. The molecule has 0 saturated heterocycles. The van der Waals surface area contributed by atoms with Crippen LogP contribution in [0.2, 0.25) is 0 Å². The fourth-order valence-electron chi connectivity index (χ4n) is 11.2. The SMILES string of the molecule is CCC(CCC(C)C1CCC2C3CC(OC)[C@]45CC4CC[C@]5(C)C3CC[C@]12C)C(C)C. The van der Waals surface area contributed by atoms with Gasteiger partial charge in [-0.05, 0) is 116 Å². The molecular formula is C30H52O. The minimum Gasteiger partial charge on any atom is -0.381 e. The molecule has 0 bridgehead atoms. The van der Waals surface area contributed by atoms with Crippen LogP contribution in [0.4, 0.5) is 0 Å². The summed E-state index contributed by atoms with van der Waals surface area (Å²) in [7, 11) is 2.04. The summed E-state index contributed by atoms with van der Waals surface area (Å²) < 4.78 is 6.32. The van der Waals surface area contributed by atoms with Gasteiger partial charge in [0.1, 0.15) is 0 Å². The summed E-state index contributed by atoms with van der Waals surface area (Å²) in [6, 6.07) is 0. The molecule has 1 spiro atoms. The number of ether oxygens (including phenoxy) is 1. The number of hydrogen-bond donors (Lipinski definition) is 0. The van der Waals surface area contributed by atoms with Crippen LogP contribution in [0, 0.1) is 63.6 Å². The summed E-state index contributed by atoms with van der Waals surface area (Å²) in [4.78, 5) is 0. The fourth-order valence-corrected chi connectivity index (χ4v) is 11.2. The molecule has 1 heteroatoms. The Morgan fingerprint density at radius 3 is 2.35 bits per heavy atom. The third-order valence-corrected chi connectivity index (χ3v) is 13.0. The van der Waals surface area contributed by atoms with Gasteiger partial charge < -0.3 is 4.74 Å². The van der Waals surface area contributed by atoms with E-state index in [-0.39, 0.29) is 0 Å². The van der Waals surface area contributed by atoms with E-state index in [1.807, 2.05) is 7.11 Å². The van der Waals surface area contributed by atoms with Crippen molar-refractivity contribution < 1.29 is 4.74 Å². The predicted molar refractivity (Wildman–Crippen MR) is 131 cm³/mol. The first kappa shape index (κ1) is 22.7. The van der Waals surface area contributed by atoms with E-state index in [0.29, 0.717) is 22.3 Å². The van der Waals surface area contributed by atoms with Crippen molar-refractivity contribution in [2.45, 2.75) is 118 Å². The lowest BCUT2D eigenvalue weighted by Gasteiger charge is -2.61. The van der Waals surface area contributed by atoms with Crippen molar-refractivity contribution in [3.63, 3.8) is 0 Å². The van der Waals surface area contributed by atoms with Crippen LogP contribution in [0.1, 0.15) is 112 Å². The summed E-state index contributed by atoms with van der Waals surface area (Å²) in [6.45, 7) is 15.4. The molecule has 0 aromatic heterocycles. The summed E-state index contributed by atoms with van der Waals surface area (Å²) in [6.07, 6.45) is 16.7. The van der Waals surface area contributed by atoms with Crippen molar-refractivity contribution in [1.29, 1.82) is 0 Å². The summed E-state index contributed by atoms with van der Waals surface area (Å²) in [5.41, 5.74) is 1.76. The molecule has 5 saturated carbocycles. The van der Waals surface area contributed by atoms with Crippen molar-refractivity contribution in [2.24, 2.45) is 63.6 Å². The van der Waals surface area contributed by atoms with Crippen molar-refractivity contribution in [2.75, 3.05) is 7.11 Å². The highest BCUT2D eigenvalue weighted by Gasteiger charge is 2.77. The van der Waals surface area contributed by atoms with Crippen molar-refractivity contribution in [3.8, 4) is 0 Å². The number of methoxy groups -OCH3 is 1. The Bertz CT molecular complexity index is 669. The number of hydrogen-bond acceptors (Lipinski definition) is 1. The Labute approximate surface area is 193 Å². The molecule has 31 heavy (non-hydrogen) atoms. The molecule has 5 aliphatic carbocycles. The zero-order valence-corrected chi connectivity index (χ0v) is 21.9. The smallest absolute Gasteiger partial charge is 0.0638 e. The van der Waals surface area contributed by atoms with Gasteiger partial charge >= 0.3 is 0 Å². The molecule has 5 fully saturated rings. The Morgan fingerprint density at radius 1 is 0.935 bits per heavy atom. The van der Waals surface area contributed by atoms with Gasteiger partial charge in [0.2, 0.25) is 0 Å². The third-order valence-electron chi connectivity index (χ3n) is 13.0. The molecule has 1 nitrogen and oxygen atoms in total. The van der Waals surface area contributed by atoms with Gasteiger partial charge in [-0.1, -0.05) is 54.4 Å². The normalized spacial score (nSPS) is 52.3. The highest BCUT2D eigenvalue weighted by molar-refractivity contribution is 5.26. The van der Waals surface area contributed by atoms with E-state index in [4.69, 9.17) is 4.74 Å². The maximum absolute atomic E-state index is 6.32. The minimum atomic E-state index is 0.557. The van der Waals surface area contributed by atoms with E-state index < -0.39 is 0 Å². The molecule has 0 N–H and O–H groups in total. The fraction of sp³-hybridized carbons (Fsp3) is 1.00. The Morgan fingerprint density at radius 2 is 1.71 bits per heavy atom. The van der Waals surface area contributed by atoms with E-state index in [9.17, 15) is 0 Å². The molecule has 0 radical (unpaired) electrons. The molecule has 0 aliphatic heterocycles. The van der Waals surface area contributed by atoms with Crippen molar-refractivity contribution in [3.05, 3.63) is 0 Å². The Kier molecular flexibility index (Phi) is 5.68. The monoisotopic (exact) mass is 428 g/mol. The van der Waals surface area contributed by atoms with Gasteiger partial charge in [-0.2, -0.15) is 0 Å². The van der Waals surface area contributed by atoms with Crippen LogP contribution in [0.25, 0.3) is 0 Å². The first-order valence-electron chi connectivity index (χ1n) is 14.3. The molecule has 5 aliphatic rings. The second-order valence-electron chi connectivity index (χ2n) is 13.9. The zero-order chi connectivity index (χ0) is 22.2. The number of rotatable bonds is 7. The second kappa shape index (κ2) is 7.74. The van der Waals surface area contributed by atoms with Crippen LogP contribution in [-0.4, -0.2) is 13.2 Å². The van der Waals surface area contributed by atoms with Crippen LogP contribution in [0.3, 0.4) is 0 Å². The van der Waals surface area contributed by atoms with E-state index in [2.05, 4.69) is 41.5 Å². The topological polar surface area (TPSA) is 9.23 Å². The van der Waals surface area contributed by atoms with Crippen LogP contribution in [-0.2, 0) is 4.74 Å². The highest BCUT2D eigenvalue weighted by Crippen LogP contribution is 2.82. The van der Waals surface area contributed by atoms with E-state index in [1.54, 1.807) is 0 Å². The average molecular weight is 429 g/mol. The minimum absolute atomic E-state index is 0.557. The third kappa shape index (κ3) is 3.03. The maximum atomic E-state index is 6.32. The lowest BCUT2D eigenvalue weighted by atomic mass is 9.45. The molecule has 0 aromatic carbocycles. The molecule has 11 atom stereocenters. The van der Waals surface area contributed by atoms with Gasteiger partial charge in [0.15, 0.2) is 0 Å². The highest BCUT2D eigenvalue weighted by atomic mass is 16.5. The zero-order valence-electron chi connectivity index (χ0n) is 21.9. The molecule has 0 amide bonds. The molecule has 8 unspecified atom stereocenters. The molecular weight excluding hydrogens is 376 g/mol. The van der Waals surface area contributed by atoms with Gasteiger partial charge in [0, 0.05) is 12.5 Å². The van der Waals surface area contributed by atoms with E-state index in [1.165, 1.54) is 70.6 Å². The molecule has 5 rings (SSSR count). The van der Waals surface area contributed by atoms with Crippen LogP contribution in [0.5, 0.6) is 0 Å². The van der Waals surface area contributed by atoms with Crippen LogP contribution < -0.4 is 0 Å². The average Bonchev–Trinajstić information content (AvgIpc) is 3.24. The summed E-state index contributed by atoms with van der Waals surface area (Å²) >= 11 is 0. The molecule has 178 valence electrons. The predicted octanol–water partition coefficient (Wildman–Crippen LogP) is 8.37. The first-order chi connectivity index (χ1) is 14.7. The van der Waals surface area contributed by atoms with Gasteiger partial charge in [0.05, 0.1) is 6.10 Å². The van der Waals surface area contributed by atoms with Gasteiger partial charge in [0.25, 0.3) is 0 Å². The molecule has 0 aromatic rings. The largest absolute Gasteiger partial charge is 0.381 e. The lowest BCUT2D eigenvalue weighted by Crippen LogP contribution is -2.57. The standard InChI is InChI=1S/C30H52O/c1-8-21(19(2)3)10-9-20(4)24-11-12-25-23-17-27(31-7)30-18-22(30)13-16-29(30,6)26(23)14-15-28(24,25)5/h19-27H,8-18H2,1-7H3/t20?,21?,22?,23?,24?,25?,26?,27?,28-,29-,30+/m1/s1. The maximum Gasteiger partial charge on any atom is 0.0638 e. The lowest BCUT2D eigenvalue weighted by molar-refractivity contribution is -0.161. The van der Waals surface area contributed by atoms with Gasteiger partial charge in [-0.3, -0.25) is 0 Å². The molecule has 0 heterocycles. The van der Waals surface area contributed by atoms with Crippen LogP contribution >= 0.6 is 0 Å². The number of fused-ring (bicyclic) bond motifs is 4. The van der Waals surface area contributed by atoms with E-state index >= 15 is 0 Å². The van der Waals surface area contributed by atoms with Gasteiger partial charge in [-0.15, -0.1) is 0 Å². The Hall–Kier alpha value is -0.0400. The second-order valence-corrected chi connectivity index (χ2v) is 13.9. The van der Waals surface area contributed by atoms with Crippen molar-refractivity contribution >= 4 is 0 Å². The first-order valence-corrected chi connectivity index (χ1v) is 14.3. The summed E-state index contributed by atoms with van der Waals surface area (Å²) in [5.74, 6) is 7.54. The van der Waals surface area contributed by atoms with Crippen molar-refractivity contribution in [1.82, 2.24) is 0 Å². The summed E-state index contributed by atoms with van der Waals surface area (Å²) in [5, 5.41) is 0.